The van der Waals surface area contributed by atoms with Gasteiger partial charge in [-0.1, -0.05) is 42.1 Å². The summed E-state index contributed by atoms with van der Waals surface area (Å²) in [6.45, 7) is 3.89. The van der Waals surface area contributed by atoms with Gasteiger partial charge in [-0.25, -0.2) is 0 Å². The third-order valence-corrected chi connectivity index (χ3v) is 4.80. The van der Waals surface area contributed by atoms with Crippen LogP contribution in [0.25, 0.3) is 5.69 Å². The molecule has 1 aromatic heterocycles. The SMILES string of the molecule is Cc1ccccc1-n1c(C)nnc1SCc1ccc(C(F)(F)F)cc1. The molecule has 0 saturated carbocycles. The van der Waals surface area contributed by atoms with Crippen LogP contribution in [0.5, 0.6) is 0 Å². The maximum absolute atomic E-state index is 12.6. The van der Waals surface area contributed by atoms with E-state index < -0.39 is 11.7 Å². The lowest BCUT2D eigenvalue weighted by Crippen LogP contribution is -2.04. The maximum Gasteiger partial charge on any atom is 0.416 e. The van der Waals surface area contributed by atoms with Gasteiger partial charge in [0.05, 0.1) is 11.3 Å². The van der Waals surface area contributed by atoms with Gasteiger partial charge in [0.25, 0.3) is 0 Å². The van der Waals surface area contributed by atoms with Gasteiger partial charge in [0.2, 0.25) is 0 Å². The number of hydrogen-bond acceptors (Lipinski definition) is 3. The molecule has 0 aliphatic rings. The molecular formula is C18H16F3N3S. The van der Waals surface area contributed by atoms with Crippen molar-refractivity contribution in [1.29, 1.82) is 0 Å². The minimum atomic E-state index is -4.31. The van der Waals surface area contributed by atoms with Crippen LogP contribution in [-0.2, 0) is 11.9 Å². The molecule has 1 heterocycles. The van der Waals surface area contributed by atoms with Crippen molar-refractivity contribution in [3.8, 4) is 5.69 Å². The number of halogens is 3. The molecule has 3 rings (SSSR count). The second-order valence-corrected chi connectivity index (χ2v) is 6.58. The Hall–Kier alpha value is -2.28. The largest absolute Gasteiger partial charge is 0.416 e. The number of aromatic nitrogens is 3. The molecule has 0 atom stereocenters. The van der Waals surface area contributed by atoms with E-state index in [1.54, 1.807) is 0 Å². The van der Waals surface area contributed by atoms with Crippen LogP contribution in [-0.4, -0.2) is 14.8 Å². The summed E-state index contributed by atoms with van der Waals surface area (Å²) in [7, 11) is 0. The van der Waals surface area contributed by atoms with E-state index in [4.69, 9.17) is 0 Å². The molecule has 0 saturated heterocycles. The van der Waals surface area contributed by atoms with E-state index in [1.165, 1.54) is 23.9 Å². The molecule has 3 aromatic rings. The Bertz CT molecular complexity index is 870. The Kier molecular flexibility index (Phi) is 4.85. The zero-order valence-corrected chi connectivity index (χ0v) is 14.5. The average Bonchev–Trinajstić information content (AvgIpc) is 2.94. The third-order valence-electron chi connectivity index (χ3n) is 3.80. The summed E-state index contributed by atoms with van der Waals surface area (Å²) in [5, 5.41) is 9.05. The first-order chi connectivity index (χ1) is 11.9. The Morgan fingerprint density at radius 3 is 2.28 bits per heavy atom. The minimum Gasteiger partial charge on any atom is -0.274 e. The quantitative estimate of drug-likeness (QED) is 0.597. The third kappa shape index (κ3) is 3.87. The molecule has 3 nitrogen and oxygen atoms in total. The fraction of sp³-hybridized carbons (Fsp3) is 0.222. The first kappa shape index (κ1) is 17.5. The Balaban J connectivity index is 1.80. The number of nitrogens with zero attached hydrogens (tertiary/aromatic N) is 3. The summed E-state index contributed by atoms with van der Waals surface area (Å²) >= 11 is 1.45. The van der Waals surface area contributed by atoms with Crippen LogP contribution < -0.4 is 0 Å². The van der Waals surface area contributed by atoms with Crippen LogP contribution in [0.4, 0.5) is 13.2 Å². The van der Waals surface area contributed by atoms with Crippen molar-refractivity contribution in [2.24, 2.45) is 0 Å². The van der Waals surface area contributed by atoms with Gasteiger partial charge in [-0.15, -0.1) is 10.2 Å². The molecule has 0 fully saturated rings. The molecule has 0 amide bonds. The van der Waals surface area contributed by atoms with E-state index in [2.05, 4.69) is 10.2 Å². The molecule has 0 spiro atoms. The molecule has 25 heavy (non-hydrogen) atoms. The van der Waals surface area contributed by atoms with Gasteiger partial charge in [-0.05, 0) is 43.2 Å². The van der Waals surface area contributed by atoms with Crippen LogP contribution in [0, 0.1) is 13.8 Å². The molecule has 0 aliphatic carbocycles. The van der Waals surface area contributed by atoms with E-state index in [9.17, 15) is 13.2 Å². The number of aryl methyl sites for hydroxylation is 2. The molecule has 0 N–H and O–H groups in total. The highest BCUT2D eigenvalue weighted by atomic mass is 32.2. The summed E-state index contributed by atoms with van der Waals surface area (Å²) in [4.78, 5) is 0. The predicted octanol–water partition coefficient (Wildman–Crippen LogP) is 5.20. The highest BCUT2D eigenvalue weighted by Crippen LogP contribution is 2.31. The zero-order chi connectivity index (χ0) is 18.0. The second kappa shape index (κ2) is 6.92. The van der Waals surface area contributed by atoms with Crippen LogP contribution in [0.15, 0.2) is 53.7 Å². The summed E-state index contributed by atoms with van der Waals surface area (Å²) in [5.74, 6) is 1.28. The van der Waals surface area contributed by atoms with Crippen LogP contribution in [0.1, 0.15) is 22.5 Å². The maximum atomic E-state index is 12.6. The Morgan fingerprint density at radius 2 is 1.64 bits per heavy atom. The fourth-order valence-electron chi connectivity index (χ4n) is 2.47. The minimum absolute atomic E-state index is 0.516. The molecule has 0 unspecified atom stereocenters. The lowest BCUT2D eigenvalue weighted by molar-refractivity contribution is -0.137. The summed E-state index contributed by atoms with van der Waals surface area (Å²) < 4.78 is 39.8. The van der Waals surface area contributed by atoms with E-state index in [0.29, 0.717) is 10.9 Å². The lowest BCUT2D eigenvalue weighted by Gasteiger charge is -2.11. The van der Waals surface area contributed by atoms with Crippen LogP contribution in [0.3, 0.4) is 0 Å². The molecule has 0 aliphatic heterocycles. The molecule has 0 bridgehead atoms. The highest BCUT2D eigenvalue weighted by molar-refractivity contribution is 7.98. The van der Waals surface area contributed by atoms with Gasteiger partial charge in [-0.2, -0.15) is 13.2 Å². The van der Waals surface area contributed by atoms with Crippen molar-refractivity contribution in [2.75, 3.05) is 0 Å². The van der Waals surface area contributed by atoms with Gasteiger partial charge in [0.15, 0.2) is 5.16 Å². The predicted molar refractivity (Wildman–Crippen MR) is 91.8 cm³/mol. The van der Waals surface area contributed by atoms with Crippen molar-refractivity contribution in [2.45, 2.75) is 30.9 Å². The van der Waals surface area contributed by atoms with Gasteiger partial charge < -0.3 is 0 Å². The van der Waals surface area contributed by atoms with E-state index >= 15 is 0 Å². The number of hydrogen-bond donors (Lipinski definition) is 0. The van der Waals surface area contributed by atoms with Crippen molar-refractivity contribution < 1.29 is 13.2 Å². The van der Waals surface area contributed by atoms with Gasteiger partial charge >= 0.3 is 6.18 Å². The van der Waals surface area contributed by atoms with Gasteiger partial charge in [0, 0.05) is 5.75 Å². The van der Waals surface area contributed by atoms with E-state index in [-0.39, 0.29) is 0 Å². The van der Waals surface area contributed by atoms with Crippen LogP contribution in [0.2, 0.25) is 0 Å². The topological polar surface area (TPSA) is 30.7 Å². The molecule has 7 heteroatoms. The molecular weight excluding hydrogens is 347 g/mol. The van der Waals surface area contributed by atoms with Crippen molar-refractivity contribution >= 4 is 11.8 Å². The molecule has 0 radical (unpaired) electrons. The number of rotatable bonds is 4. The van der Waals surface area contributed by atoms with Gasteiger partial charge in [-0.3, -0.25) is 4.57 Å². The summed E-state index contributed by atoms with van der Waals surface area (Å²) in [6, 6.07) is 13.1. The van der Waals surface area contributed by atoms with Gasteiger partial charge in [0.1, 0.15) is 5.82 Å². The molecule has 130 valence electrons. The van der Waals surface area contributed by atoms with E-state index in [0.717, 1.165) is 34.8 Å². The standard InChI is InChI=1S/C18H16F3N3S/c1-12-5-3-4-6-16(12)24-13(2)22-23-17(24)25-11-14-7-9-15(10-8-14)18(19,20)21/h3-10H,11H2,1-2H3. The first-order valence-electron chi connectivity index (χ1n) is 7.63. The van der Waals surface area contributed by atoms with Crippen molar-refractivity contribution in [1.82, 2.24) is 14.8 Å². The monoisotopic (exact) mass is 363 g/mol. The van der Waals surface area contributed by atoms with E-state index in [1.807, 2.05) is 42.7 Å². The number of thioether (sulfide) groups is 1. The van der Waals surface area contributed by atoms with Crippen molar-refractivity contribution in [3.05, 3.63) is 71.0 Å². The average molecular weight is 363 g/mol. The van der Waals surface area contributed by atoms with Crippen molar-refractivity contribution in [3.63, 3.8) is 0 Å². The highest BCUT2D eigenvalue weighted by Gasteiger charge is 2.29. The lowest BCUT2D eigenvalue weighted by atomic mass is 10.1. The smallest absolute Gasteiger partial charge is 0.274 e. The number of benzene rings is 2. The number of alkyl halides is 3. The second-order valence-electron chi connectivity index (χ2n) is 5.64. The normalized spacial score (nSPS) is 11.7. The molecule has 2 aromatic carbocycles. The Morgan fingerprint density at radius 1 is 0.960 bits per heavy atom. The first-order valence-corrected chi connectivity index (χ1v) is 8.62. The zero-order valence-electron chi connectivity index (χ0n) is 13.7. The number of para-hydroxylation sites is 1. The summed E-state index contributed by atoms with van der Waals surface area (Å²) in [6.07, 6.45) is -4.31. The Labute approximate surface area is 147 Å². The fourth-order valence-corrected chi connectivity index (χ4v) is 3.41. The summed E-state index contributed by atoms with van der Waals surface area (Å²) in [5.41, 5.74) is 2.26. The van der Waals surface area contributed by atoms with Crippen LogP contribution >= 0.6 is 11.8 Å².